The highest BCUT2D eigenvalue weighted by Crippen LogP contribution is 2.30. The lowest BCUT2D eigenvalue weighted by atomic mass is 9.87. The van der Waals surface area contributed by atoms with E-state index < -0.39 is 0 Å². The first-order valence-electron chi connectivity index (χ1n) is 12.0. The predicted molar refractivity (Wildman–Crippen MR) is 133 cm³/mol. The zero-order valence-electron chi connectivity index (χ0n) is 19.5. The van der Waals surface area contributed by atoms with Crippen molar-refractivity contribution < 1.29 is 14.2 Å². The van der Waals surface area contributed by atoms with Crippen molar-refractivity contribution in [2.45, 2.75) is 45.0 Å². The number of hydrogen-bond donors (Lipinski definition) is 1. The van der Waals surface area contributed by atoms with Crippen molar-refractivity contribution in [2.24, 2.45) is 0 Å². The minimum absolute atomic E-state index is 0.173. The molecule has 2 unspecified atom stereocenters. The zero-order chi connectivity index (χ0) is 22.7. The Morgan fingerprint density at radius 3 is 2.45 bits per heavy atom. The van der Waals surface area contributed by atoms with Gasteiger partial charge in [0.15, 0.2) is 0 Å². The van der Waals surface area contributed by atoms with Crippen LogP contribution in [0.4, 0.5) is 0 Å². The average molecular weight is 446 g/mol. The number of aryl methyl sites for hydroxylation is 1. The van der Waals surface area contributed by atoms with Gasteiger partial charge in [-0.3, -0.25) is 0 Å². The lowest BCUT2D eigenvalue weighted by Gasteiger charge is -2.32. The van der Waals surface area contributed by atoms with E-state index in [-0.39, 0.29) is 6.10 Å². The summed E-state index contributed by atoms with van der Waals surface area (Å²) in [7, 11) is 0. The molecule has 4 heteroatoms. The number of ether oxygens (including phenoxy) is 3. The second kappa shape index (κ2) is 12.5. The van der Waals surface area contributed by atoms with Gasteiger partial charge in [0.1, 0.15) is 5.75 Å². The third-order valence-corrected chi connectivity index (χ3v) is 6.26. The number of benzene rings is 3. The molecule has 33 heavy (non-hydrogen) atoms. The van der Waals surface area contributed by atoms with Crippen molar-refractivity contribution in [3.05, 3.63) is 101 Å². The molecule has 174 valence electrons. The number of rotatable bonds is 11. The fourth-order valence-electron chi connectivity index (χ4n) is 4.28. The molecule has 0 spiro atoms. The molecule has 1 N–H and O–H groups in total. The van der Waals surface area contributed by atoms with E-state index in [1.807, 2.05) is 18.2 Å². The van der Waals surface area contributed by atoms with Crippen molar-refractivity contribution in [2.75, 3.05) is 26.3 Å². The van der Waals surface area contributed by atoms with Gasteiger partial charge in [-0.15, -0.1) is 0 Å². The minimum atomic E-state index is 0.173. The van der Waals surface area contributed by atoms with E-state index in [4.69, 9.17) is 14.2 Å². The lowest BCUT2D eigenvalue weighted by Crippen LogP contribution is -2.41. The smallest absolute Gasteiger partial charge is 0.119 e. The first-order chi connectivity index (χ1) is 16.3. The average Bonchev–Trinajstić information content (AvgIpc) is 2.87. The molecule has 3 aromatic carbocycles. The van der Waals surface area contributed by atoms with E-state index in [1.165, 1.54) is 22.3 Å². The van der Waals surface area contributed by atoms with Gasteiger partial charge in [-0.05, 0) is 54.3 Å². The Labute approximate surface area is 197 Å². The summed E-state index contributed by atoms with van der Waals surface area (Å²) >= 11 is 0. The van der Waals surface area contributed by atoms with Crippen LogP contribution in [0.1, 0.15) is 41.0 Å². The van der Waals surface area contributed by atoms with E-state index in [1.54, 1.807) is 0 Å². The van der Waals surface area contributed by atoms with Crippen LogP contribution >= 0.6 is 0 Å². The summed E-state index contributed by atoms with van der Waals surface area (Å²) in [4.78, 5) is 0. The Balaban J connectivity index is 1.22. The van der Waals surface area contributed by atoms with E-state index >= 15 is 0 Å². The van der Waals surface area contributed by atoms with Crippen molar-refractivity contribution in [1.82, 2.24) is 5.32 Å². The molecule has 1 saturated heterocycles. The van der Waals surface area contributed by atoms with Crippen molar-refractivity contribution >= 4 is 0 Å². The molecule has 4 rings (SSSR count). The third kappa shape index (κ3) is 7.16. The van der Waals surface area contributed by atoms with Gasteiger partial charge in [0, 0.05) is 18.9 Å². The molecule has 1 aliphatic rings. The molecular formula is C29H35NO3. The molecule has 0 aliphatic carbocycles. The van der Waals surface area contributed by atoms with Crippen LogP contribution in [0.3, 0.4) is 0 Å². The summed E-state index contributed by atoms with van der Waals surface area (Å²) in [5.41, 5.74) is 5.07. The highest BCUT2D eigenvalue weighted by molar-refractivity contribution is 5.31. The predicted octanol–water partition coefficient (Wildman–Crippen LogP) is 5.64. The summed E-state index contributed by atoms with van der Waals surface area (Å²) in [5, 5.41) is 3.49. The normalized spacial score (nSPS) is 18.2. The molecule has 0 amide bonds. The Morgan fingerprint density at radius 2 is 1.64 bits per heavy atom. The van der Waals surface area contributed by atoms with Crippen LogP contribution in [0.15, 0.2) is 78.9 Å². The van der Waals surface area contributed by atoms with Gasteiger partial charge in [-0.1, -0.05) is 66.7 Å². The molecule has 1 fully saturated rings. The fraction of sp³-hybridized carbons (Fsp3) is 0.379. The molecular weight excluding hydrogens is 410 g/mol. The van der Waals surface area contributed by atoms with Crippen LogP contribution in [0.2, 0.25) is 0 Å². The van der Waals surface area contributed by atoms with Crippen LogP contribution in [-0.2, 0) is 22.7 Å². The Kier molecular flexibility index (Phi) is 8.93. The Bertz CT molecular complexity index is 958. The van der Waals surface area contributed by atoms with Crippen LogP contribution in [0.25, 0.3) is 0 Å². The summed E-state index contributed by atoms with van der Waals surface area (Å²) in [5.74, 6) is 1.31. The Hall–Kier alpha value is -2.66. The maximum absolute atomic E-state index is 6.37. The molecule has 0 bridgehead atoms. The van der Waals surface area contributed by atoms with Gasteiger partial charge in [-0.25, -0.2) is 0 Å². The first-order valence-corrected chi connectivity index (χ1v) is 12.0. The van der Waals surface area contributed by atoms with E-state index in [9.17, 15) is 0 Å². The Morgan fingerprint density at radius 1 is 0.848 bits per heavy atom. The molecule has 1 heterocycles. The second-order valence-electron chi connectivity index (χ2n) is 8.68. The van der Waals surface area contributed by atoms with Crippen LogP contribution in [0.5, 0.6) is 5.75 Å². The standard InChI is InChI=1S/C29H35NO3/c1-23-8-5-6-11-26(23)22-33-29-20-30-17-16-28(29)25-12-14-27(15-13-25)32-19-7-18-31-21-24-9-3-2-4-10-24/h2-6,8-15,28-30H,7,16-22H2,1H3. The van der Waals surface area contributed by atoms with Gasteiger partial charge >= 0.3 is 0 Å². The summed E-state index contributed by atoms with van der Waals surface area (Å²) in [6.45, 7) is 6.71. The van der Waals surface area contributed by atoms with Crippen molar-refractivity contribution in [3.63, 3.8) is 0 Å². The van der Waals surface area contributed by atoms with Crippen molar-refractivity contribution in [1.29, 1.82) is 0 Å². The highest BCUT2D eigenvalue weighted by atomic mass is 16.5. The van der Waals surface area contributed by atoms with Gasteiger partial charge < -0.3 is 19.5 Å². The summed E-state index contributed by atoms with van der Waals surface area (Å²) in [6.07, 6.45) is 2.13. The molecule has 0 aromatic heterocycles. The minimum Gasteiger partial charge on any atom is -0.494 e. The van der Waals surface area contributed by atoms with Gasteiger partial charge in [0.2, 0.25) is 0 Å². The lowest BCUT2D eigenvalue weighted by molar-refractivity contribution is 0.0104. The van der Waals surface area contributed by atoms with Crippen LogP contribution in [0, 0.1) is 6.92 Å². The molecule has 0 radical (unpaired) electrons. The maximum Gasteiger partial charge on any atom is 0.119 e. The first kappa shape index (κ1) is 23.5. The van der Waals surface area contributed by atoms with Crippen LogP contribution < -0.4 is 10.1 Å². The van der Waals surface area contributed by atoms with Gasteiger partial charge in [-0.2, -0.15) is 0 Å². The maximum atomic E-state index is 6.37. The second-order valence-corrected chi connectivity index (χ2v) is 8.68. The van der Waals surface area contributed by atoms with Gasteiger partial charge in [0.05, 0.1) is 32.5 Å². The molecule has 0 saturated carbocycles. The van der Waals surface area contributed by atoms with Crippen LogP contribution in [-0.4, -0.2) is 32.4 Å². The SMILES string of the molecule is Cc1ccccc1COC1CNCCC1c1ccc(OCCCOCc2ccccc2)cc1. The fourth-order valence-corrected chi connectivity index (χ4v) is 4.28. The van der Waals surface area contributed by atoms with E-state index in [0.717, 1.165) is 31.7 Å². The number of piperidine rings is 1. The topological polar surface area (TPSA) is 39.7 Å². The van der Waals surface area contributed by atoms with Gasteiger partial charge in [0.25, 0.3) is 0 Å². The zero-order valence-corrected chi connectivity index (χ0v) is 19.5. The van der Waals surface area contributed by atoms with E-state index in [0.29, 0.717) is 32.3 Å². The third-order valence-electron chi connectivity index (χ3n) is 6.26. The summed E-state index contributed by atoms with van der Waals surface area (Å²) in [6, 6.07) is 27.3. The quantitative estimate of drug-likeness (QED) is 0.388. The van der Waals surface area contributed by atoms with E-state index in [2.05, 4.69) is 72.9 Å². The number of nitrogens with one attached hydrogen (secondary N) is 1. The molecule has 2 atom stereocenters. The largest absolute Gasteiger partial charge is 0.494 e. The molecule has 3 aromatic rings. The highest BCUT2D eigenvalue weighted by Gasteiger charge is 2.27. The summed E-state index contributed by atoms with van der Waals surface area (Å²) < 4.78 is 18.0. The van der Waals surface area contributed by atoms with Crippen molar-refractivity contribution in [3.8, 4) is 5.75 Å². The number of hydrogen-bond acceptors (Lipinski definition) is 4. The molecule has 4 nitrogen and oxygen atoms in total. The monoisotopic (exact) mass is 445 g/mol. The molecule has 1 aliphatic heterocycles.